The van der Waals surface area contributed by atoms with E-state index in [0.29, 0.717) is 23.7 Å². The van der Waals surface area contributed by atoms with E-state index in [1.165, 1.54) is 19.3 Å². The zero-order valence-corrected chi connectivity index (χ0v) is 17.7. The molecule has 160 valence electrons. The summed E-state index contributed by atoms with van der Waals surface area (Å²) in [5.41, 5.74) is 3.07. The van der Waals surface area contributed by atoms with Gasteiger partial charge in [0.05, 0.1) is 18.0 Å². The van der Waals surface area contributed by atoms with Crippen LogP contribution in [-0.2, 0) is 0 Å². The highest BCUT2D eigenvalue weighted by atomic mass is 16.5. The molecule has 0 aliphatic carbocycles. The molecule has 3 aromatic rings. The number of nitrogens with one attached hydrogen (secondary N) is 2. The first-order valence-corrected chi connectivity index (χ1v) is 10.7. The fourth-order valence-corrected chi connectivity index (χ4v) is 3.63. The lowest BCUT2D eigenvalue weighted by atomic mass is 10.1. The number of piperidine rings is 1. The van der Waals surface area contributed by atoms with E-state index in [2.05, 4.69) is 25.7 Å². The van der Waals surface area contributed by atoms with Gasteiger partial charge in [0.2, 0.25) is 0 Å². The lowest BCUT2D eigenvalue weighted by Crippen LogP contribution is -2.30. The molecule has 0 saturated carbocycles. The van der Waals surface area contributed by atoms with Crippen LogP contribution in [0.15, 0.2) is 60.7 Å². The van der Waals surface area contributed by atoms with Crippen molar-refractivity contribution in [3.63, 3.8) is 0 Å². The molecule has 31 heavy (non-hydrogen) atoms. The molecule has 1 aliphatic rings. The summed E-state index contributed by atoms with van der Waals surface area (Å²) in [4.78, 5) is 14.7. The largest absolute Gasteiger partial charge is 0.492 e. The van der Waals surface area contributed by atoms with Crippen molar-refractivity contribution in [2.75, 3.05) is 35.2 Å². The minimum atomic E-state index is -0.328. The van der Waals surface area contributed by atoms with Gasteiger partial charge in [-0.05, 0) is 62.6 Å². The molecule has 0 bridgehead atoms. The average Bonchev–Trinajstić information content (AvgIpc) is 2.82. The maximum atomic E-state index is 12.4. The van der Waals surface area contributed by atoms with Gasteiger partial charge in [-0.15, -0.1) is 10.2 Å². The molecule has 2 heterocycles. The topological polar surface area (TPSA) is 79.4 Å². The lowest BCUT2D eigenvalue weighted by molar-refractivity contribution is 0.262. The number of carbonyl (C=O) groups is 1. The fraction of sp³-hybridized carbons (Fsp3) is 0.292. The minimum absolute atomic E-state index is 0.328. The second kappa shape index (κ2) is 9.93. The highest BCUT2D eigenvalue weighted by Crippen LogP contribution is 2.25. The van der Waals surface area contributed by atoms with Gasteiger partial charge in [-0.25, -0.2) is 4.79 Å². The number of rotatable bonds is 6. The SMILES string of the molecule is CCOc1ccccc1NC(=O)Nc1ccc(-c2ccc(N3CCCCC3)nn2)cc1. The van der Waals surface area contributed by atoms with Gasteiger partial charge in [-0.3, -0.25) is 0 Å². The van der Waals surface area contributed by atoms with Gasteiger partial charge in [-0.2, -0.15) is 0 Å². The van der Waals surface area contributed by atoms with E-state index in [1.807, 2.05) is 61.5 Å². The van der Waals surface area contributed by atoms with Crippen LogP contribution >= 0.6 is 0 Å². The predicted octanol–water partition coefficient (Wildman–Crippen LogP) is 5.18. The average molecular weight is 418 g/mol. The van der Waals surface area contributed by atoms with Crippen LogP contribution in [0.5, 0.6) is 5.75 Å². The Morgan fingerprint density at radius 3 is 2.42 bits per heavy atom. The number of nitrogens with zero attached hydrogens (tertiary/aromatic N) is 3. The van der Waals surface area contributed by atoms with Crippen molar-refractivity contribution in [1.29, 1.82) is 0 Å². The lowest BCUT2D eigenvalue weighted by Gasteiger charge is -2.27. The molecule has 0 atom stereocenters. The number of hydrogen-bond donors (Lipinski definition) is 2. The maximum Gasteiger partial charge on any atom is 0.323 e. The Labute approximate surface area is 182 Å². The van der Waals surface area contributed by atoms with Crippen LogP contribution in [0.25, 0.3) is 11.3 Å². The Morgan fingerprint density at radius 1 is 0.935 bits per heavy atom. The molecule has 7 heteroatoms. The molecule has 1 fully saturated rings. The zero-order valence-electron chi connectivity index (χ0n) is 17.7. The molecule has 1 aromatic heterocycles. The van der Waals surface area contributed by atoms with Crippen LogP contribution in [0.2, 0.25) is 0 Å². The third-order valence-electron chi connectivity index (χ3n) is 5.20. The number of benzene rings is 2. The predicted molar refractivity (Wildman–Crippen MR) is 124 cm³/mol. The summed E-state index contributed by atoms with van der Waals surface area (Å²) in [6, 6.07) is 18.6. The molecule has 2 N–H and O–H groups in total. The van der Waals surface area contributed by atoms with Crippen LogP contribution in [0.3, 0.4) is 0 Å². The second-order valence-electron chi connectivity index (χ2n) is 7.41. The first kappa shape index (κ1) is 20.7. The molecule has 4 rings (SSSR count). The molecule has 2 aromatic carbocycles. The molecule has 1 aliphatic heterocycles. The van der Waals surface area contributed by atoms with E-state index >= 15 is 0 Å². The standard InChI is InChI=1S/C24H27N5O2/c1-2-31-22-9-5-4-8-21(22)26-24(30)25-19-12-10-18(11-13-19)20-14-15-23(28-27-20)29-16-6-3-7-17-29/h4-5,8-15H,2-3,6-7,16-17H2,1H3,(H2,25,26,30). The highest BCUT2D eigenvalue weighted by Gasteiger charge is 2.13. The summed E-state index contributed by atoms with van der Waals surface area (Å²) >= 11 is 0. The molecule has 0 spiro atoms. The number of carbonyl (C=O) groups excluding carboxylic acids is 1. The van der Waals surface area contributed by atoms with E-state index in [9.17, 15) is 4.79 Å². The minimum Gasteiger partial charge on any atom is -0.492 e. The molecular weight excluding hydrogens is 390 g/mol. The number of aromatic nitrogens is 2. The van der Waals surface area contributed by atoms with Crippen molar-refractivity contribution in [3.8, 4) is 17.0 Å². The molecule has 0 radical (unpaired) electrons. The summed E-state index contributed by atoms with van der Waals surface area (Å²) in [7, 11) is 0. The monoisotopic (exact) mass is 417 g/mol. The third kappa shape index (κ3) is 5.31. The number of hydrogen-bond acceptors (Lipinski definition) is 5. The summed E-state index contributed by atoms with van der Waals surface area (Å²) in [5.74, 6) is 1.58. The van der Waals surface area contributed by atoms with Gasteiger partial charge in [0.1, 0.15) is 5.75 Å². The first-order chi connectivity index (χ1) is 15.2. The fourth-order valence-electron chi connectivity index (χ4n) is 3.63. The summed E-state index contributed by atoms with van der Waals surface area (Å²) in [6.07, 6.45) is 3.71. The van der Waals surface area contributed by atoms with Gasteiger partial charge in [0.25, 0.3) is 0 Å². The molecule has 7 nitrogen and oxygen atoms in total. The Morgan fingerprint density at radius 2 is 1.71 bits per heavy atom. The second-order valence-corrected chi connectivity index (χ2v) is 7.41. The summed E-state index contributed by atoms with van der Waals surface area (Å²) in [5, 5.41) is 14.5. The highest BCUT2D eigenvalue weighted by molar-refractivity contribution is 6.00. The van der Waals surface area contributed by atoms with Crippen molar-refractivity contribution >= 4 is 23.2 Å². The van der Waals surface area contributed by atoms with Gasteiger partial charge in [0.15, 0.2) is 5.82 Å². The quantitative estimate of drug-likeness (QED) is 0.578. The van der Waals surface area contributed by atoms with E-state index < -0.39 is 0 Å². The van der Waals surface area contributed by atoms with Crippen LogP contribution in [0.4, 0.5) is 22.0 Å². The van der Waals surface area contributed by atoms with Crippen LogP contribution < -0.4 is 20.3 Å². The first-order valence-electron chi connectivity index (χ1n) is 10.7. The van der Waals surface area contributed by atoms with Crippen molar-refractivity contribution in [2.24, 2.45) is 0 Å². The van der Waals surface area contributed by atoms with Gasteiger partial charge >= 0.3 is 6.03 Å². The Balaban J connectivity index is 1.37. The summed E-state index contributed by atoms with van der Waals surface area (Å²) < 4.78 is 5.54. The number of amides is 2. The van der Waals surface area contributed by atoms with E-state index in [4.69, 9.17) is 4.74 Å². The van der Waals surface area contributed by atoms with Gasteiger partial charge in [-0.1, -0.05) is 24.3 Å². The number of anilines is 3. The normalized spacial score (nSPS) is 13.5. The number of urea groups is 1. The molecule has 1 saturated heterocycles. The van der Waals surface area contributed by atoms with Gasteiger partial charge < -0.3 is 20.3 Å². The van der Waals surface area contributed by atoms with Crippen LogP contribution in [-0.4, -0.2) is 35.9 Å². The van der Waals surface area contributed by atoms with Crippen molar-refractivity contribution in [2.45, 2.75) is 26.2 Å². The van der Waals surface area contributed by atoms with E-state index in [0.717, 1.165) is 30.2 Å². The molecule has 0 unspecified atom stereocenters. The van der Waals surface area contributed by atoms with Gasteiger partial charge in [0, 0.05) is 24.3 Å². The third-order valence-corrected chi connectivity index (χ3v) is 5.20. The smallest absolute Gasteiger partial charge is 0.323 e. The van der Waals surface area contributed by atoms with Crippen molar-refractivity contribution < 1.29 is 9.53 Å². The van der Waals surface area contributed by atoms with E-state index in [-0.39, 0.29) is 6.03 Å². The molecular formula is C24H27N5O2. The Kier molecular flexibility index (Phi) is 6.62. The van der Waals surface area contributed by atoms with Crippen LogP contribution in [0.1, 0.15) is 26.2 Å². The van der Waals surface area contributed by atoms with Crippen LogP contribution in [0, 0.1) is 0 Å². The van der Waals surface area contributed by atoms with E-state index in [1.54, 1.807) is 6.07 Å². The summed E-state index contributed by atoms with van der Waals surface area (Å²) in [6.45, 7) is 4.53. The molecule has 2 amide bonds. The zero-order chi connectivity index (χ0) is 21.5. The number of ether oxygens (including phenoxy) is 1. The Bertz CT molecular complexity index is 999. The van der Waals surface area contributed by atoms with Crippen molar-refractivity contribution in [1.82, 2.24) is 10.2 Å². The Hall–Kier alpha value is -3.61. The van der Waals surface area contributed by atoms with Crippen molar-refractivity contribution in [3.05, 3.63) is 60.7 Å². The maximum absolute atomic E-state index is 12.4. The number of para-hydroxylation sites is 2.